The zero-order valence-electron chi connectivity index (χ0n) is 4.45. The monoisotopic (exact) mass is 210 g/mol. The molecule has 0 amide bonds. The maximum atomic E-state index is 8.98. The van der Waals surface area contributed by atoms with Crippen LogP contribution in [0.1, 0.15) is 0 Å². The Morgan fingerprint density at radius 1 is 1.25 bits per heavy atom. The van der Waals surface area contributed by atoms with Crippen LogP contribution in [0.5, 0.6) is 0 Å². The molecule has 0 bridgehead atoms. The molecule has 0 saturated heterocycles. The third-order valence-electron chi connectivity index (χ3n) is 0.0833. The molecule has 8 heteroatoms. The standard InChI is InChI=1S/Cr.2K.O2.3O/c;;;1-2;;;/q3*+1;-2;;;-1. The Labute approximate surface area is 133 Å². The van der Waals surface area contributed by atoms with Gasteiger partial charge in [0.2, 0.25) is 0 Å². The topological polar surface area (TPSA) is 89.5 Å². The molecule has 0 rings (SSSR count). The summed E-state index contributed by atoms with van der Waals surface area (Å²) in [4.78, 5) is 0. The average Bonchev–Trinajstić information content (AvgIpc) is 1.35. The summed E-state index contributed by atoms with van der Waals surface area (Å²) in [5.74, 6) is 0. The van der Waals surface area contributed by atoms with Gasteiger partial charge in [0.1, 0.15) is 0 Å². The molecule has 0 radical (unpaired) electrons. The van der Waals surface area contributed by atoms with E-state index in [0.717, 1.165) is 0 Å². The first-order valence-corrected chi connectivity index (χ1v) is 2.92. The van der Waals surface area contributed by atoms with E-state index in [9.17, 15) is 0 Å². The van der Waals surface area contributed by atoms with Crippen molar-refractivity contribution in [1.29, 1.82) is 0 Å². The van der Waals surface area contributed by atoms with Crippen molar-refractivity contribution >= 4 is 0 Å². The van der Waals surface area contributed by atoms with Crippen LogP contribution in [0.4, 0.5) is 0 Å². The zero-order chi connectivity index (χ0) is 5.21. The van der Waals surface area contributed by atoms with Gasteiger partial charge in [-0.25, -0.2) is 0 Å². The minimum atomic E-state index is -5.58. The number of hydrogen-bond donors (Lipinski definition) is 0. The van der Waals surface area contributed by atoms with Crippen LogP contribution in [0.2, 0.25) is 0 Å². The molecule has 5 nitrogen and oxygen atoms in total. The van der Waals surface area contributed by atoms with Crippen molar-refractivity contribution in [3.8, 4) is 0 Å². The summed E-state index contributed by atoms with van der Waals surface area (Å²) < 4.78 is 29.1. The van der Waals surface area contributed by atoms with Crippen molar-refractivity contribution in [1.82, 2.24) is 0 Å². The van der Waals surface area contributed by atoms with E-state index in [-0.39, 0.29) is 103 Å². The predicted molar refractivity (Wildman–Crippen MR) is 2.46 cm³/mol. The fourth-order valence-electron chi connectivity index (χ4n) is 0. The number of hydrogen-bond acceptors (Lipinski definition) is 5. The fourth-order valence-corrected chi connectivity index (χ4v) is 0. The van der Waals surface area contributed by atoms with E-state index in [1.165, 1.54) is 0 Å². The van der Waals surface area contributed by atoms with Gasteiger partial charge in [0, 0.05) is 0 Å². The van der Waals surface area contributed by atoms with Crippen LogP contribution in [0.15, 0.2) is 0 Å². The van der Waals surface area contributed by atoms with Gasteiger partial charge in [0.05, 0.1) is 0 Å². The predicted octanol–water partition coefficient (Wildman–Crippen LogP) is -8.68. The Kier molecular flexibility index (Phi) is 18.2. The Balaban J connectivity index is -0.000000125. The van der Waals surface area contributed by atoms with Crippen molar-refractivity contribution < 1.29 is 137 Å². The second-order valence-electron chi connectivity index (χ2n) is 0.476. The molecule has 0 heterocycles. The van der Waals surface area contributed by atoms with E-state index < -0.39 is 13.6 Å². The van der Waals surface area contributed by atoms with E-state index >= 15 is 0 Å². The average molecular weight is 210 g/mol. The van der Waals surface area contributed by atoms with E-state index in [1.807, 2.05) is 0 Å². The SMILES string of the molecule is [K+].[K+].[O]=[Cr](=[O])([O-])[O][O-]. The van der Waals surface area contributed by atoms with Crippen LogP contribution in [-0.4, -0.2) is 0 Å². The van der Waals surface area contributed by atoms with E-state index in [0.29, 0.717) is 0 Å². The summed E-state index contributed by atoms with van der Waals surface area (Å²) in [5.41, 5.74) is 0. The first kappa shape index (κ1) is 17.4. The Bertz CT molecular complexity index is 112. The van der Waals surface area contributed by atoms with Gasteiger partial charge in [-0.2, -0.15) is 0 Å². The Morgan fingerprint density at radius 3 is 1.38 bits per heavy atom. The summed E-state index contributed by atoms with van der Waals surface area (Å²) in [6.45, 7) is 0. The third-order valence-corrected chi connectivity index (χ3v) is 0.344. The van der Waals surface area contributed by atoms with Crippen molar-refractivity contribution in [3.63, 3.8) is 0 Å². The Hall–Kier alpha value is 3.29. The van der Waals surface area contributed by atoms with Gasteiger partial charge in [-0.05, 0) is 0 Å². The van der Waals surface area contributed by atoms with Gasteiger partial charge < -0.3 is 0 Å². The van der Waals surface area contributed by atoms with Gasteiger partial charge in [-0.3, -0.25) is 0 Å². The second kappa shape index (κ2) is 8.38. The summed E-state index contributed by atoms with van der Waals surface area (Å²) >= 11 is -5.58. The molecule has 0 aliphatic rings. The van der Waals surface area contributed by atoms with Gasteiger partial charge in [0.25, 0.3) is 0 Å². The Morgan fingerprint density at radius 2 is 1.38 bits per heavy atom. The molecular formula is CrK2O5. The molecule has 0 aromatic rings. The molecule has 0 aromatic heterocycles. The molecular weight excluding hydrogens is 210 g/mol. The summed E-state index contributed by atoms with van der Waals surface area (Å²) in [5, 5.41) is 8.58. The van der Waals surface area contributed by atoms with Crippen LogP contribution >= 0.6 is 0 Å². The molecule has 38 valence electrons. The van der Waals surface area contributed by atoms with Crippen LogP contribution in [-0.2, 0) is 25.2 Å². The van der Waals surface area contributed by atoms with Crippen LogP contribution < -0.4 is 112 Å². The quantitative estimate of drug-likeness (QED) is 0.243. The molecule has 0 unspecified atom stereocenters. The normalized spacial score (nSPS) is 8.75. The van der Waals surface area contributed by atoms with Gasteiger partial charge in [-0.15, -0.1) is 0 Å². The summed E-state index contributed by atoms with van der Waals surface area (Å²) in [6, 6.07) is 0. The molecule has 0 fully saturated rings. The molecule has 0 spiro atoms. The van der Waals surface area contributed by atoms with Crippen LogP contribution in [0, 0.1) is 0 Å². The molecule has 0 aliphatic heterocycles. The molecule has 0 N–H and O–H groups in total. The van der Waals surface area contributed by atoms with Crippen molar-refractivity contribution in [2.24, 2.45) is 0 Å². The van der Waals surface area contributed by atoms with Crippen molar-refractivity contribution in [3.05, 3.63) is 0 Å². The second-order valence-corrected chi connectivity index (χ2v) is 1.96. The third kappa shape index (κ3) is 16.1. The molecule has 0 saturated carbocycles. The molecule has 0 aliphatic carbocycles. The molecule has 8 heavy (non-hydrogen) atoms. The van der Waals surface area contributed by atoms with Crippen molar-refractivity contribution in [2.45, 2.75) is 0 Å². The summed E-state index contributed by atoms with van der Waals surface area (Å²) in [7, 11) is 0. The van der Waals surface area contributed by atoms with Gasteiger partial charge in [-0.1, -0.05) is 0 Å². The fraction of sp³-hybridized carbons (Fsp3) is 0. The molecule has 0 atom stereocenters. The van der Waals surface area contributed by atoms with E-state index in [2.05, 4.69) is 3.94 Å². The molecule has 0 aromatic carbocycles. The van der Waals surface area contributed by atoms with Crippen LogP contribution in [0.3, 0.4) is 0 Å². The maximum absolute atomic E-state index is 8.98. The zero-order valence-corrected chi connectivity index (χ0v) is 12.0. The first-order valence-electron chi connectivity index (χ1n) is 0.833. The van der Waals surface area contributed by atoms with E-state index in [4.69, 9.17) is 17.0 Å². The minimum absolute atomic E-state index is 0. The van der Waals surface area contributed by atoms with Crippen molar-refractivity contribution in [2.75, 3.05) is 0 Å². The van der Waals surface area contributed by atoms with E-state index in [1.54, 1.807) is 0 Å². The summed E-state index contributed by atoms with van der Waals surface area (Å²) in [6.07, 6.45) is 0. The first-order chi connectivity index (χ1) is 2.56. The number of rotatable bonds is 1. The van der Waals surface area contributed by atoms with Crippen LogP contribution in [0.25, 0.3) is 0 Å². The van der Waals surface area contributed by atoms with Gasteiger partial charge >= 0.3 is 137 Å². The van der Waals surface area contributed by atoms with Gasteiger partial charge in [0.15, 0.2) is 0 Å².